The lowest BCUT2D eigenvalue weighted by atomic mass is 9.93. The number of rotatable bonds is 5. The second-order valence-corrected chi connectivity index (χ2v) is 6.97. The average Bonchev–Trinajstić information content (AvgIpc) is 3.13. The van der Waals surface area contributed by atoms with Gasteiger partial charge in [0, 0.05) is 22.9 Å². The van der Waals surface area contributed by atoms with Crippen LogP contribution in [0, 0.1) is 11.8 Å². The van der Waals surface area contributed by atoms with Crippen molar-refractivity contribution in [2.45, 2.75) is 37.5 Å². The Balaban J connectivity index is 1.59. The van der Waals surface area contributed by atoms with Crippen LogP contribution in [-0.2, 0) is 10.2 Å². The topological polar surface area (TPSA) is 55.1 Å². The van der Waals surface area contributed by atoms with Crippen LogP contribution in [0.4, 0.5) is 0 Å². The van der Waals surface area contributed by atoms with Crippen LogP contribution in [-0.4, -0.2) is 19.0 Å². The van der Waals surface area contributed by atoms with Crippen molar-refractivity contribution in [3.8, 4) is 0 Å². The smallest absolute Gasteiger partial charge is 0.223 e. The summed E-state index contributed by atoms with van der Waals surface area (Å²) in [4.78, 5) is 12.4. The molecule has 2 atom stereocenters. The molecule has 0 saturated heterocycles. The maximum absolute atomic E-state index is 12.4. The lowest BCUT2D eigenvalue weighted by Crippen LogP contribution is -2.39. The fourth-order valence-electron chi connectivity index (χ4n) is 3.57. The van der Waals surface area contributed by atoms with Crippen molar-refractivity contribution in [3.63, 3.8) is 0 Å². The monoisotopic (exact) mass is 306 g/mol. The number of carbonyl (C=O) groups excluding carboxylic acids is 1. The molecular weight excluding hydrogens is 284 g/mol. The van der Waals surface area contributed by atoms with Crippen LogP contribution in [0.5, 0.6) is 0 Å². The second kappa shape index (κ2) is 5.98. The van der Waals surface area contributed by atoms with Crippen LogP contribution < -0.4 is 11.1 Å². The molecule has 0 spiro atoms. The van der Waals surface area contributed by atoms with Crippen molar-refractivity contribution >= 4 is 17.5 Å². The number of halogens is 1. The first kappa shape index (κ1) is 14.9. The van der Waals surface area contributed by atoms with Crippen molar-refractivity contribution in [1.29, 1.82) is 0 Å². The molecule has 0 radical (unpaired) electrons. The van der Waals surface area contributed by atoms with Gasteiger partial charge in [0.1, 0.15) is 0 Å². The second-order valence-electron chi connectivity index (χ2n) is 6.54. The van der Waals surface area contributed by atoms with E-state index in [2.05, 4.69) is 17.4 Å². The summed E-state index contributed by atoms with van der Waals surface area (Å²) in [6.07, 6.45) is 5.49. The van der Waals surface area contributed by atoms with E-state index >= 15 is 0 Å². The zero-order chi connectivity index (χ0) is 14.9. The lowest BCUT2D eigenvalue weighted by Gasteiger charge is -2.21. The highest BCUT2D eigenvalue weighted by Gasteiger charge is 2.45. The third-order valence-electron chi connectivity index (χ3n) is 5.21. The highest BCUT2D eigenvalue weighted by molar-refractivity contribution is 6.30. The number of amides is 1. The molecule has 114 valence electrons. The Morgan fingerprint density at radius 3 is 2.62 bits per heavy atom. The molecule has 0 aromatic heterocycles. The van der Waals surface area contributed by atoms with E-state index in [4.69, 9.17) is 17.3 Å². The molecule has 0 unspecified atom stereocenters. The third kappa shape index (κ3) is 3.09. The summed E-state index contributed by atoms with van der Waals surface area (Å²) in [5.41, 5.74) is 7.19. The number of nitrogens with one attached hydrogen (secondary N) is 1. The number of hydrogen-bond acceptors (Lipinski definition) is 2. The number of benzene rings is 1. The van der Waals surface area contributed by atoms with E-state index in [-0.39, 0.29) is 17.2 Å². The van der Waals surface area contributed by atoms with Crippen LogP contribution in [0.15, 0.2) is 24.3 Å². The Hall–Kier alpha value is -1.06. The van der Waals surface area contributed by atoms with E-state index in [1.807, 2.05) is 12.1 Å². The molecule has 1 aromatic carbocycles. The number of hydrogen-bond donors (Lipinski definition) is 2. The van der Waals surface area contributed by atoms with Crippen LogP contribution in [0.3, 0.4) is 0 Å². The third-order valence-corrected chi connectivity index (χ3v) is 5.46. The summed E-state index contributed by atoms with van der Waals surface area (Å²) >= 11 is 5.95. The minimum Gasteiger partial charge on any atom is -0.355 e. The van der Waals surface area contributed by atoms with Gasteiger partial charge in [0.25, 0.3) is 0 Å². The van der Waals surface area contributed by atoms with Gasteiger partial charge >= 0.3 is 0 Å². The summed E-state index contributed by atoms with van der Waals surface area (Å²) in [6, 6.07) is 8.03. The first-order valence-corrected chi connectivity index (χ1v) is 8.26. The Kier molecular flexibility index (Phi) is 4.23. The van der Waals surface area contributed by atoms with Gasteiger partial charge in [0.2, 0.25) is 5.91 Å². The fourth-order valence-corrected chi connectivity index (χ4v) is 3.70. The normalized spacial score (nSPS) is 26.6. The first-order valence-electron chi connectivity index (χ1n) is 7.88. The first-order chi connectivity index (χ1) is 10.1. The van der Waals surface area contributed by atoms with Crippen LogP contribution in [0.25, 0.3) is 0 Å². The van der Waals surface area contributed by atoms with Crippen molar-refractivity contribution in [1.82, 2.24) is 5.32 Å². The Labute approximate surface area is 131 Å². The molecule has 1 amide bonds. The molecule has 2 saturated carbocycles. The van der Waals surface area contributed by atoms with Gasteiger partial charge in [-0.05, 0) is 55.8 Å². The molecule has 2 aliphatic carbocycles. The highest BCUT2D eigenvalue weighted by Crippen LogP contribution is 2.48. The molecule has 0 heterocycles. The van der Waals surface area contributed by atoms with Crippen molar-refractivity contribution in [3.05, 3.63) is 34.9 Å². The predicted octanol–water partition coefficient (Wildman–Crippen LogP) is 2.86. The van der Waals surface area contributed by atoms with E-state index in [0.29, 0.717) is 12.5 Å². The summed E-state index contributed by atoms with van der Waals surface area (Å²) < 4.78 is 0. The largest absolute Gasteiger partial charge is 0.355 e. The van der Waals surface area contributed by atoms with Crippen molar-refractivity contribution in [2.75, 3.05) is 13.1 Å². The molecule has 0 bridgehead atoms. The van der Waals surface area contributed by atoms with Crippen LogP contribution >= 0.6 is 11.6 Å². The zero-order valence-electron chi connectivity index (χ0n) is 12.3. The minimum atomic E-state index is 0.121. The van der Waals surface area contributed by atoms with E-state index in [9.17, 15) is 4.79 Å². The SMILES string of the molecule is NC[C@H]1CCC[C@H]1C(=O)NCC1(c2ccc(Cl)cc2)CC1. The summed E-state index contributed by atoms with van der Waals surface area (Å²) in [5.74, 6) is 0.690. The maximum atomic E-state index is 12.4. The molecule has 21 heavy (non-hydrogen) atoms. The highest BCUT2D eigenvalue weighted by atomic mass is 35.5. The van der Waals surface area contributed by atoms with Gasteiger partial charge in [-0.3, -0.25) is 4.79 Å². The molecule has 3 nitrogen and oxygen atoms in total. The van der Waals surface area contributed by atoms with Gasteiger partial charge in [0.15, 0.2) is 0 Å². The Morgan fingerprint density at radius 2 is 2.00 bits per heavy atom. The van der Waals surface area contributed by atoms with Gasteiger partial charge in [-0.25, -0.2) is 0 Å². The molecule has 4 heteroatoms. The molecular formula is C17H23ClN2O. The van der Waals surface area contributed by atoms with Gasteiger partial charge in [-0.1, -0.05) is 30.2 Å². The van der Waals surface area contributed by atoms with Crippen LogP contribution in [0.1, 0.15) is 37.7 Å². The standard InChI is InChI=1S/C17H23ClN2O/c18-14-6-4-13(5-7-14)17(8-9-17)11-20-16(21)15-3-1-2-12(15)10-19/h4-7,12,15H,1-3,8-11,19H2,(H,20,21)/t12-,15-/m1/s1. The Morgan fingerprint density at radius 1 is 1.29 bits per heavy atom. The average molecular weight is 307 g/mol. The maximum Gasteiger partial charge on any atom is 0.223 e. The van der Waals surface area contributed by atoms with E-state index in [1.165, 1.54) is 5.56 Å². The minimum absolute atomic E-state index is 0.121. The van der Waals surface area contributed by atoms with Crippen LogP contribution in [0.2, 0.25) is 5.02 Å². The van der Waals surface area contributed by atoms with Crippen molar-refractivity contribution < 1.29 is 4.79 Å². The van der Waals surface area contributed by atoms with Gasteiger partial charge < -0.3 is 11.1 Å². The van der Waals surface area contributed by atoms with E-state index in [1.54, 1.807) is 0 Å². The summed E-state index contributed by atoms with van der Waals surface area (Å²) in [5, 5.41) is 3.94. The molecule has 0 aliphatic heterocycles. The number of nitrogens with two attached hydrogens (primary N) is 1. The number of carbonyl (C=O) groups is 1. The van der Waals surface area contributed by atoms with Gasteiger partial charge in [-0.2, -0.15) is 0 Å². The summed E-state index contributed by atoms with van der Waals surface area (Å²) in [7, 11) is 0. The quantitative estimate of drug-likeness (QED) is 0.879. The summed E-state index contributed by atoms with van der Waals surface area (Å²) in [6.45, 7) is 1.36. The molecule has 1 aromatic rings. The lowest BCUT2D eigenvalue weighted by molar-refractivity contribution is -0.126. The molecule has 2 aliphatic rings. The molecule has 3 rings (SSSR count). The molecule has 2 fully saturated rings. The zero-order valence-corrected chi connectivity index (χ0v) is 13.0. The predicted molar refractivity (Wildman–Crippen MR) is 85.3 cm³/mol. The van der Waals surface area contributed by atoms with Crippen molar-refractivity contribution in [2.24, 2.45) is 17.6 Å². The van der Waals surface area contributed by atoms with Gasteiger partial charge in [-0.15, -0.1) is 0 Å². The van der Waals surface area contributed by atoms with Gasteiger partial charge in [0.05, 0.1) is 0 Å². The van der Waals surface area contributed by atoms with E-state index in [0.717, 1.165) is 43.7 Å². The van der Waals surface area contributed by atoms with E-state index < -0.39 is 0 Å². The Bertz CT molecular complexity index is 510. The fraction of sp³-hybridized carbons (Fsp3) is 0.588. The molecule has 3 N–H and O–H groups in total.